The first-order valence-electron chi connectivity index (χ1n) is 9.01. The van der Waals surface area contributed by atoms with Gasteiger partial charge in [-0.2, -0.15) is 5.10 Å². The van der Waals surface area contributed by atoms with E-state index in [0.717, 1.165) is 27.8 Å². The molecular formula is C20H22N4O3. The zero-order chi connectivity index (χ0) is 18.8. The Kier molecular flexibility index (Phi) is 4.68. The molecule has 7 nitrogen and oxygen atoms in total. The van der Waals surface area contributed by atoms with Gasteiger partial charge in [0.05, 0.1) is 18.7 Å². The van der Waals surface area contributed by atoms with E-state index in [2.05, 4.69) is 15.5 Å². The van der Waals surface area contributed by atoms with E-state index in [-0.39, 0.29) is 12.1 Å². The third-order valence-corrected chi connectivity index (χ3v) is 4.96. The fourth-order valence-electron chi connectivity index (χ4n) is 3.41. The van der Waals surface area contributed by atoms with Gasteiger partial charge in [0.2, 0.25) is 0 Å². The molecule has 0 unspecified atom stereocenters. The number of anilines is 1. The number of benzene rings is 2. The molecule has 3 aromatic rings. The van der Waals surface area contributed by atoms with Gasteiger partial charge in [-0.05, 0) is 36.6 Å². The van der Waals surface area contributed by atoms with Gasteiger partial charge in [0.1, 0.15) is 5.75 Å². The van der Waals surface area contributed by atoms with Crippen LogP contribution in [0.3, 0.4) is 0 Å². The maximum Gasteiger partial charge on any atom is 0.323 e. The van der Waals surface area contributed by atoms with Gasteiger partial charge in [-0.3, -0.25) is 10.4 Å². The molecule has 0 saturated carbocycles. The van der Waals surface area contributed by atoms with Crippen LogP contribution in [0.5, 0.6) is 5.75 Å². The van der Waals surface area contributed by atoms with Crippen LogP contribution in [0.2, 0.25) is 0 Å². The Labute approximate surface area is 156 Å². The minimum atomic E-state index is -0.311. The summed E-state index contributed by atoms with van der Waals surface area (Å²) in [5.41, 5.74) is 2.84. The molecule has 27 heavy (non-hydrogen) atoms. The molecule has 2 aromatic carbocycles. The zero-order valence-corrected chi connectivity index (χ0v) is 15.1. The van der Waals surface area contributed by atoms with Crippen molar-refractivity contribution >= 4 is 22.8 Å². The molecule has 1 saturated heterocycles. The summed E-state index contributed by atoms with van der Waals surface area (Å²) in [6.45, 7) is 1.10. The number of nitrogens with one attached hydrogen (secondary N) is 2. The summed E-state index contributed by atoms with van der Waals surface area (Å²) >= 11 is 0. The SMILES string of the molecule is COc1ccccc1-c1ccc2c(NC(=O)N3CCC(O)CC3)n[nH]c2c1. The number of aliphatic hydroxyl groups excluding tert-OH is 1. The molecule has 0 aliphatic carbocycles. The molecule has 140 valence electrons. The number of hydrogen-bond acceptors (Lipinski definition) is 4. The smallest absolute Gasteiger partial charge is 0.323 e. The van der Waals surface area contributed by atoms with E-state index in [9.17, 15) is 9.90 Å². The Morgan fingerprint density at radius 3 is 2.81 bits per heavy atom. The first-order chi connectivity index (χ1) is 13.2. The molecule has 2 amide bonds. The molecule has 7 heteroatoms. The summed E-state index contributed by atoms with van der Waals surface area (Å²) in [7, 11) is 1.65. The minimum absolute atomic E-state index is 0.191. The molecule has 0 radical (unpaired) electrons. The van der Waals surface area contributed by atoms with Gasteiger partial charge >= 0.3 is 6.03 Å². The summed E-state index contributed by atoms with van der Waals surface area (Å²) in [6, 6.07) is 13.6. The molecular weight excluding hydrogens is 344 g/mol. The van der Waals surface area contributed by atoms with Crippen molar-refractivity contribution in [2.75, 3.05) is 25.5 Å². The highest BCUT2D eigenvalue weighted by Gasteiger charge is 2.22. The third-order valence-electron chi connectivity index (χ3n) is 4.96. The number of fused-ring (bicyclic) bond motifs is 1. The lowest BCUT2D eigenvalue weighted by Gasteiger charge is -2.29. The average Bonchev–Trinajstić information content (AvgIpc) is 3.10. The van der Waals surface area contributed by atoms with E-state index in [1.807, 2.05) is 42.5 Å². The molecule has 0 atom stereocenters. The highest BCUT2D eigenvalue weighted by atomic mass is 16.5. The van der Waals surface area contributed by atoms with Crippen LogP contribution in [-0.2, 0) is 0 Å². The normalized spacial score (nSPS) is 15.1. The van der Waals surface area contributed by atoms with Gasteiger partial charge in [-0.15, -0.1) is 0 Å². The molecule has 2 heterocycles. The van der Waals surface area contributed by atoms with Crippen LogP contribution >= 0.6 is 0 Å². The van der Waals surface area contributed by atoms with Crippen molar-refractivity contribution in [2.24, 2.45) is 0 Å². The minimum Gasteiger partial charge on any atom is -0.496 e. The molecule has 0 spiro atoms. The lowest BCUT2D eigenvalue weighted by atomic mass is 10.0. The van der Waals surface area contributed by atoms with E-state index in [4.69, 9.17) is 4.74 Å². The largest absolute Gasteiger partial charge is 0.496 e. The molecule has 1 aromatic heterocycles. The van der Waals surface area contributed by atoms with Crippen LogP contribution in [0.1, 0.15) is 12.8 Å². The second kappa shape index (κ2) is 7.28. The number of amides is 2. The third kappa shape index (κ3) is 3.46. The Bertz CT molecular complexity index is 961. The quantitative estimate of drug-likeness (QED) is 0.664. The lowest BCUT2D eigenvalue weighted by Crippen LogP contribution is -2.42. The number of ether oxygens (including phenoxy) is 1. The number of carbonyl (C=O) groups is 1. The van der Waals surface area contributed by atoms with Crippen molar-refractivity contribution in [2.45, 2.75) is 18.9 Å². The predicted molar refractivity (Wildman–Crippen MR) is 104 cm³/mol. The number of carbonyl (C=O) groups excluding carboxylic acids is 1. The Morgan fingerprint density at radius 2 is 2.04 bits per heavy atom. The van der Waals surface area contributed by atoms with Gasteiger partial charge in [0.15, 0.2) is 5.82 Å². The van der Waals surface area contributed by atoms with Crippen molar-refractivity contribution in [1.29, 1.82) is 0 Å². The number of methoxy groups -OCH3 is 1. The number of aromatic nitrogens is 2. The van der Waals surface area contributed by atoms with Crippen LogP contribution in [0.25, 0.3) is 22.0 Å². The van der Waals surface area contributed by atoms with Crippen LogP contribution in [0.15, 0.2) is 42.5 Å². The van der Waals surface area contributed by atoms with Gasteiger partial charge in [-0.1, -0.05) is 24.3 Å². The molecule has 1 fully saturated rings. The summed E-state index contributed by atoms with van der Waals surface area (Å²) in [6.07, 6.45) is 0.905. The van der Waals surface area contributed by atoms with E-state index < -0.39 is 0 Å². The molecule has 4 rings (SSSR count). The van der Waals surface area contributed by atoms with Gasteiger partial charge in [-0.25, -0.2) is 4.79 Å². The van der Waals surface area contributed by atoms with Crippen LogP contribution in [0.4, 0.5) is 10.6 Å². The first kappa shape index (κ1) is 17.4. The monoisotopic (exact) mass is 366 g/mol. The zero-order valence-electron chi connectivity index (χ0n) is 15.1. The molecule has 1 aliphatic rings. The Hall–Kier alpha value is -3.06. The summed E-state index contributed by atoms with van der Waals surface area (Å²) in [4.78, 5) is 14.2. The summed E-state index contributed by atoms with van der Waals surface area (Å²) in [5.74, 6) is 1.31. The van der Waals surface area contributed by atoms with Crippen molar-refractivity contribution in [3.8, 4) is 16.9 Å². The average molecular weight is 366 g/mol. The van der Waals surface area contributed by atoms with Crippen LogP contribution in [-0.4, -0.2) is 52.5 Å². The van der Waals surface area contributed by atoms with E-state index >= 15 is 0 Å². The Balaban J connectivity index is 1.57. The van der Waals surface area contributed by atoms with Crippen molar-refractivity contribution < 1.29 is 14.6 Å². The number of rotatable bonds is 3. The van der Waals surface area contributed by atoms with E-state index in [0.29, 0.717) is 31.7 Å². The molecule has 0 bridgehead atoms. The van der Waals surface area contributed by atoms with Crippen LogP contribution in [0, 0.1) is 0 Å². The standard InChI is InChI=1S/C20H22N4O3/c1-27-18-5-3-2-4-15(18)13-6-7-16-17(12-13)22-23-19(16)21-20(26)24-10-8-14(25)9-11-24/h2-7,12,14,25H,8-11H2,1H3,(H2,21,22,23,26). The van der Waals surface area contributed by atoms with Gasteiger partial charge in [0.25, 0.3) is 0 Å². The molecule has 3 N–H and O–H groups in total. The lowest BCUT2D eigenvalue weighted by molar-refractivity contribution is 0.0972. The first-order valence-corrected chi connectivity index (χ1v) is 9.01. The maximum absolute atomic E-state index is 12.5. The van der Waals surface area contributed by atoms with Crippen molar-refractivity contribution in [3.05, 3.63) is 42.5 Å². The topological polar surface area (TPSA) is 90.5 Å². The number of para-hydroxylation sites is 1. The van der Waals surface area contributed by atoms with Gasteiger partial charge in [0, 0.05) is 24.0 Å². The fourth-order valence-corrected chi connectivity index (χ4v) is 3.41. The number of piperidine rings is 1. The maximum atomic E-state index is 12.5. The van der Waals surface area contributed by atoms with Gasteiger partial charge < -0.3 is 14.7 Å². The van der Waals surface area contributed by atoms with E-state index in [1.54, 1.807) is 12.0 Å². The number of H-pyrrole nitrogens is 1. The number of urea groups is 1. The number of nitrogens with zero attached hydrogens (tertiary/aromatic N) is 2. The fraction of sp³-hybridized carbons (Fsp3) is 0.300. The van der Waals surface area contributed by atoms with Crippen molar-refractivity contribution in [3.63, 3.8) is 0 Å². The number of aromatic amines is 1. The summed E-state index contributed by atoms with van der Waals surface area (Å²) < 4.78 is 5.44. The number of hydrogen-bond donors (Lipinski definition) is 3. The Morgan fingerprint density at radius 1 is 1.26 bits per heavy atom. The predicted octanol–water partition coefficient (Wildman–Crippen LogP) is 3.23. The second-order valence-corrected chi connectivity index (χ2v) is 6.68. The highest BCUT2D eigenvalue weighted by molar-refractivity contribution is 6.00. The second-order valence-electron chi connectivity index (χ2n) is 6.68. The number of aliphatic hydroxyl groups is 1. The van der Waals surface area contributed by atoms with Crippen LogP contribution < -0.4 is 10.1 Å². The van der Waals surface area contributed by atoms with E-state index in [1.165, 1.54) is 0 Å². The summed E-state index contributed by atoms with van der Waals surface area (Å²) in [5, 5.41) is 20.5. The highest BCUT2D eigenvalue weighted by Crippen LogP contribution is 2.32. The number of likely N-dealkylation sites (tertiary alicyclic amines) is 1. The molecule has 1 aliphatic heterocycles. The van der Waals surface area contributed by atoms with Crippen molar-refractivity contribution in [1.82, 2.24) is 15.1 Å².